The molecule has 10 heteroatoms. The molecule has 0 aliphatic carbocycles. The van der Waals surface area contributed by atoms with E-state index >= 15 is 0 Å². The zero-order valence-electron chi connectivity index (χ0n) is 16.5. The Labute approximate surface area is 182 Å². The molecule has 0 unspecified atom stereocenters. The van der Waals surface area contributed by atoms with Crippen LogP contribution in [0.15, 0.2) is 48.5 Å². The molecule has 3 aromatic rings. The fourth-order valence-electron chi connectivity index (χ4n) is 3.66. The van der Waals surface area contributed by atoms with E-state index in [-0.39, 0.29) is 29.3 Å². The third-order valence-corrected chi connectivity index (χ3v) is 5.52. The van der Waals surface area contributed by atoms with Crippen LogP contribution in [0, 0.1) is 10.1 Å². The van der Waals surface area contributed by atoms with E-state index in [1.54, 1.807) is 17.0 Å². The average Bonchev–Trinajstić information content (AvgIpc) is 3.21. The van der Waals surface area contributed by atoms with E-state index in [1.807, 2.05) is 24.3 Å². The normalized spacial score (nSPS) is 14.0. The van der Waals surface area contributed by atoms with Gasteiger partial charge in [-0.3, -0.25) is 19.7 Å². The number of nitrogens with zero attached hydrogens (tertiary/aromatic N) is 3. The first-order valence-corrected chi connectivity index (χ1v) is 10.1. The number of rotatable bonds is 5. The number of non-ortho nitro benzene ring substituents is 1. The van der Waals surface area contributed by atoms with Crippen LogP contribution >= 0.6 is 11.6 Å². The molecule has 2 amide bonds. The zero-order chi connectivity index (χ0) is 22.0. The van der Waals surface area contributed by atoms with Crippen molar-refractivity contribution < 1.29 is 14.5 Å². The van der Waals surface area contributed by atoms with Crippen LogP contribution in [0.4, 0.5) is 11.4 Å². The number of benzene rings is 2. The van der Waals surface area contributed by atoms with Crippen LogP contribution in [0.25, 0.3) is 10.9 Å². The van der Waals surface area contributed by atoms with Gasteiger partial charge in [-0.1, -0.05) is 29.8 Å². The molecule has 31 heavy (non-hydrogen) atoms. The van der Waals surface area contributed by atoms with E-state index in [0.717, 1.165) is 5.69 Å². The Balaban J connectivity index is 1.33. The van der Waals surface area contributed by atoms with Gasteiger partial charge in [-0.05, 0) is 24.3 Å². The first-order valence-electron chi connectivity index (χ1n) is 9.75. The number of nitro benzene ring substituents is 1. The first kappa shape index (κ1) is 20.7. The van der Waals surface area contributed by atoms with Gasteiger partial charge in [-0.15, -0.1) is 0 Å². The van der Waals surface area contributed by atoms with Gasteiger partial charge in [0, 0.05) is 48.3 Å². The lowest BCUT2D eigenvalue weighted by molar-refractivity contribution is -0.383. The van der Waals surface area contributed by atoms with Crippen molar-refractivity contribution >= 4 is 45.7 Å². The van der Waals surface area contributed by atoms with Gasteiger partial charge in [0.25, 0.3) is 11.6 Å². The number of H-pyrrole nitrogens is 1. The number of anilines is 1. The third-order valence-electron chi connectivity index (χ3n) is 5.28. The second kappa shape index (κ2) is 8.65. The molecule has 2 N–H and O–H groups in total. The van der Waals surface area contributed by atoms with Crippen LogP contribution in [0.3, 0.4) is 0 Å². The van der Waals surface area contributed by atoms with E-state index < -0.39 is 10.8 Å². The summed E-state index contributed by atoms with van der Waals surface area (Å²) in [5.41, 5.74) is 1.36. The van der Waals surface area contributed by atoms with Gasteiger partial charge in [0.05, 0.1) is 11.5 Å². The van der Waals surface area contributed by atoms with Gasteiger partial charge in [-0.25, -0.2) is 0 Å². The van der Waals surface area contributed by atoms with E-state index in [1.165, 1.54) is 12.1 Å². The lowest BCUT2D eigenvalue weighted by Gasteiger charge is -2.36. The topological polar surface area (TPSA) is 112 Å². The Kier molecular flexibility index (Phi) is 5.77. The number of hydrogen-bond acceptors (Lipinski definition) is 5. The number of nitrogens with one attached hydrogen (secondary N) is 2. The Hall–Kier alpha value is -3.59. The number of fused-ring (bicyclic) bond motifs is 1. The molecule has 1 aromatic heterocycles. The fraction of sp³-hybridized carbons (Fsp3) is 0.238. The van der Waals surface area contributed by atoms with Crippen LogP contribution in [0.5, 0.6) is 0 Å². The predicted octanol–water partition coefficient (Wildman–Crippen LogP) is 2.81. The maximum Gasteiger partial charge on any atom is 0.293 e. The highest BCUT2D eigenvalue weighted by Crippen LogP contribution is 2.25. The monoisotopic (exact) mass is 441 g/mol. The van der Waals surface area contributed by atoms with Crippen molar-refractivity contribution in [1.82, 2.24) is 15.2 Å². The van der Waals surface area contributed by atoms with Crippen molar-refractivity contribution in [3.63, 3.8) is 0 Å². The number of amides is 2. The summed E-state index contributed by atoms with van der Waals surface area (Å²) in [5, 5.41) is 15.0. The standard InChI is InChI=1S/C21H20ClN5O4/c22-15-4-2-5-16(12-15)25-7-9-26(10-8-25)19(28)13-23-21(29)17-11-14-3-1-6-18(27(30)31)20(14)24-17/h1-6,11-12,24H,7-10,13H2,(H,23,29). The molecule has 9 nitrogen and oxygen atoms in total. The highest BCUT2D eigenvalue weighted by atomic mass is 35.5. The van der Waals surface area contributed by atoms with Gasteiger partial charge >= 0.3 is 0 Å². The number of carbonyl (C=O) groups is 2. The number of para-hydroxylation sites is 1. The van der Waals surface area contributed by atoms with Gasteiger partial charge in [0.2, 0.25) is 5.91 Å². The molecule has 1 saturated heterocycles. The predicted molar refractivity (Wildman–Crippen MR) is 118 cm³/mol. The summed E-state index contributed by atoms with van der Waals surface area (Å²) >= 11 is 6.05. The molecule has 160 valence electrons. The van der Waals surface area contributed by atoms with E-state index in [4.69, 9.17) is 11.6 Å². The van der Waals surface area contributed by atoms with Crippen molar-refractivity contribution in [2.24, 2.45) is 0 Å². The van der Waals surface area contributed by atoms with Crippen molar-refractivity contribution in [2.75, 3.05) is 37.6 Å². The molecule has 1 fully saturated rings. The molecule has 0 atom stereocenters. The van der Waals surface area contributed by atoms with E-state index in [0.29, 0.717) is 36.6 Å². The summed E-state index contributed by atoms with van der Waals surface area (Å²) < 4.78 is 0. The minimum Gasteiger partial charge on any atom is -0.368 e. The second-order valence-electron chi connectivity index (χ2n) is 7.21. The van der Waals surface area contributed by atoms with Crippen molar-refractivity contribution in [3.8, 4) is 0 Å². The molecule has 2 aromatic carbocycles. The van der Waals surface area contributed by atoms with E-state index in [2.05, 4.69) is 15.2 Å². The zero-order valence-corrected chi connectivity index (χ0v) is 17.3. The molecular formula is C21H20ClN5O4. The maximum atomic E-state index is 12.5. The molecule has 2 heterocycles. The van der Waals surface area contributed by atoms with Gasteiger partial charge < -0.3 is 20.1 Å². The average molecular weight is 442 g/mol. The SMILES string of the molecule is O=C(NCC(=O)N1CCN(c2cccc(Cl)c2)CC1)c1cc2cccc([N+](=O)[O-])c2[nH]1. The van der Waals surface area contributed by atoms with Gasteiger partial charge in [0.15, 0.2) is 0 Å². The quantitative estimate of drug-likeness (QED) is 0.467. The Morgan fingerprint density at radius 1 is 1.10 bits per heavy atom. The van der Waals surface area contributed by atoms with Crippen LogP contribution in [-0.4, -0.2) is 59.3 Å². The lowest BCUT2D eigenvalue weighted by Crippen LogP contribution is -2.51. The number of aromatic nitrogens is 1. The summed E-state index contributed by atoms with van der Waals surface area (Å²) in [6.07, 6.45) is 0. The largest absolute Gasteiger partial charge is 0.368 e. The summed E-state index contributed by atoms with van der Waals surface area (Å²) in [6, 6.07) is 13.7. The minimum atomic E-state index is -0.507. The van der Waals surface area contributed by atoms with Crippen molar-refractivity contribution in [2.45, 2.75) is 0 Å². The smallest absolute Gasteiger partial charge is 0.293 e. The number of piperazine rings is 1. The van der Waals surface area contributed by atoms with Gasteiger partial charge in [-0.2, -0.15) is 0 Å². The first-order chi connectivity index (χ1) is 14.9. The Morgan fingerprint density at radius 2 is 1.84 bits per heavy atom. The molecule has 0 bridgehead atoms. The summed E-state index contributed by atoms with van der Waals surface area (Å²) in [4.78, 5) is 42.2. The summed E-state index contributed by atoms with van der Waals surface area (Å²) in [7, 11) is 0. The molecule has 0 spiro atoms. The number of nitro groups is 1. The minimum absolute atomic E-state index is 0.106. The number of aromatic amines is 1. The van der Waals surface area contributed by atoms with E-state index in [9.17, 15) is 19.7 Å². The number of halogens is 1. The van der Waals surface area contributed by atoms with Crippen molar-refractivity contribution in [3.05, 3.63) is 69.4 Å². The second-order valence-corrected chi connectivity index (χ2v) is 7.65. The number of hydrogen-bond donors (Lipinski definition) is 2. The van der Waals surface area contributed by atoms with Crippen molar-refractivity contribution in [1.29, 1.82) is 0 Å². The highest BCUT2D eigenvalue weighted by Gasteiger charge is 2.22. The van der Waals surface area contributed by atoms with Crippen LogP contribution in [-0.2, 0) is 4.79 Å². The van der Waals surface area contributed by atoms with Crippen LogP contribution < -0.4 is 10.2 Å². The van der Waals surface area contributed by atoms with Crippen LogP contribution in [0.2, 0.25) is 5.02 Å². The summed E-state index contributed by atoms with van der Waals surface area (Å²) in [6.45, 7) is 2.28. The number of carbonyl (C=O) groups excluding carboxylic acids is 2. The molecule has 4 rings (SSSR count). The Morgan fingerprint density at radius 3 is 2.55 bits per heavy atom. The highest BCUT2D eigenvalue weighted by molar-refractivity contribution is 6.30. The molecular weight excluding hydrogens is 422 g/mol. The molecule has 1 aliphatic heterocycles. The molecule has 1 aliphatic rings. The lowest BCUT2D eigenvalue weighted by atomic mass is 10.2. The fourth-order valence-corrected chi connectivity index (χ4v) is 3.85. The maximum absolute atomic E-state index is 12.5. The third kappa shape index (κ3) is 4.46. The van der Waals surface area contributed by atoms with Gasteiger partial charge in [0.1, 0.15) is 11.2 Å². The molecule has 0 radical (unpaired) electrons. The summed E-state index contributed by atoms with van der Waals surface area (Å²) in [5.74, 6) is -0.669. The molecule has 0 saturated carbocycles. The Bertz CT molecular complexity index is 1150. The van der Waals surface area contributed by atoms with Crippen LogP contribution in [0.1, 0.15) is 10.5 Å².